The fourth-order valence-corrected chi connectivity index (χ4v) is 8.26. The Hall–Kier alpha value is -1.85. The number of esters is 3. The van der Waals surface area contributed by atoms with Gasteiger partial charge in [0, 0.05) is 33.1 Å². The van der Waals surface area contributed by atoms with Crippen LogP contribution in [0.3, 0.4) is 0 Å². The van der Waals surface area contributed by atoms with E-state index in [9.17, 15) is 14.4 Å². The third-order valence-corrected chi connectivity index (χ3v) is 9.68. The van der Waals surface area contributed by atoms with Gasteiger partial charge in [-0.1, -0.05) is 25.5 Å². The molecule has 6 nitrogen and oxygen atoms in total. The number of ether oxygens (including phenoxy) is 3. The van der Waals surface area contributed by atoms with Gasteiger partial charge in [-0.05, 0) is 73.5 Å². The largest absolute Gasteiger partial charge is 0.462 e. The Balaban J connectivity index is 1.54. The van der Waals surface area contributed by atoms with Crippen LogP contribution in [-0.2, 0) is 28.6 Å². The SMILES string of the molecule is CC(=O)OC[C@@H](OC(C)=O)[C@H]1CC[C@H]2[C@@H]3CC=C4C[C@H](OC(C)=O)CC[C@]4(C)[C@H]3CC[C@]12C. The lowest BCUT2D eigenvalue weighted by Gasteiger charge is -2.58. The minimum absolute atomic E-state index is 0.0221. The summed E-state index contributed by atoms with van der Waals surface area (Å²) >= 11 is 0. The van der Waals surface area contributed by atoms with Gasteiger partial charge in [0.2, 0.25) is 0 Å². The second kappa shape index (κ2) is 9.07. The van der Waals surface area contributed by atoms with Crippen LogP contribution in [-0.4, -0.2) is 36.7 Å². The van der Waals surface area contributed by atoms with E-state index in [2.05, 4.69) is 19.9 Å². The summed E-state index contributed by atoms with van der Waals surface area (Å²) in [6, 6.07) is 0. The topological polar surface area (TPSA) is 78.9 Å². The Kier molecular flexibility index (Phi) is 6.67. The summed E-state index contributed by atoms with van der Waals surface area (Å²) in [5, 5.41) is 0. The van der Waals surface area contributed by atoms with E-state index in [0.717, 1.165) is 44.9 Å². The maximum Gasteiger partial charge on any atom is 0.303 e. The normalized spacial score (nSPS) is 40.4. The van der Waals surface area contributed by atoms with Crippen molar-refractivity contribution in [2.24, 2.45) is 34.5 Å². The van der Waals surface area contributed by atoms with Gasteiger partial charge in [-0.25, -0.2) is 0 Å². The van der Waals surface area contributed by atoms with Gasteiger partial charge in [-0.2, -0.15) is 0 Å². The van der Waals surface area contributed by atoms with Crippen LogP contribution < -0.4 is 0 Å². The highest BCUT2D eigenvalue weighted by Gasteiger charge is 2.60. The molecular weight excluding hydrogens is 420 g/mol. The third-order valence-electron chi connectivity index (χ3n) is 9.68. The van der Waals surface area contributed by atoms with E-state index in [1.54, 1.807) is 0 Å². The summed E-state index contributed by atoms with van der Waals surface area (Å²) in [4.78, 5) is 34.8. The van der Waals surface area contributed by atoms with Crippen LogP contribution in [0.1, 0.15) is 86.0 Å². The molecule has 33 heavy (non-hydrogen) atoms. The summed E-state index contributed by atoms with van der Waals surface area (Å²) < 4.78 is 16.6. The maximum atomic E-state index is 11.8. The van der Waals surface area contributed by atoms with Crippen LogP contribution >= 0.6 is 0 Å². The number of hydrogen-bond acceptors (Lipinski definition) is 6. The molecule has 0 bridgehead atoms. The van der Waals surface area contributed by atoms with E-state index in [1.165, 1.54) is 32.8 Å². The van der Waals surface area contributed by atoms with Crippen molar-refractivity contribution >= 4 is 17.9 Å². The third kappa shape index (κ3) is 4.46. The average molecular weight is 461 g/mol. The number of allylic oxidation sites excluding steroid dienone is 1. The Morgan fingerprint density at radius 1 is 0.970 bits per heavy atom. The van der Waals surface area contributed by atoms with Gasteiger partial charge in [0.05, 0.1) is 0 Å². The number of fused-ring (bicyclic) bond motifs is 5. The lowest BCUT2D eigenvalue weighted by molar-refractivity contribution is -0.165. The van der Waals surface area contributed by atoms with Crippen LogP contribution in [0.25, 0.3) is 0 Å². The summed E-state index contributed by atoms with van der Waals surface area (Å²) in [6.07, 6.45) is 10.5. The van der Waals surface area contributed by atoms with E-state index in [1.807, 2.05) is 0 Å². The van der Waals surface area contributed by atoms with Crippen molar-refractivity contribution in [2.45, 2.75) is 98.2 Å². The molecule has 0 aromatic heterocycles. The minimum atomic E-state index is -0.373. The lowest BCUT2D eigenvalue weighted by Crippen LogP contribution is -2.52. The monoisotopic (exact) mass is 460 g/mol. The van der Waals surface area contributed by atoms with Crippen LogP contribution in [0, 0.1) is 34.5 Å². The number of hydrogen-bond donors (Lipinski definition) is 0. The van der Waals surface area contributed by atoms with E-state index >= 15 is 0 Å². The number of carbonyl (C=O) groups excluding carboxylic acids is 3. The quantitative estimate of drug-likeness (QED) is 0.327. The van der Waals surface area contributed by atoms with Crippen molar-refractivity contribution in [3.05, 3.63) is 11.6 Å². The van der Waals surface area contributed by atoms with Crippen molar-refractivity contribution in [1.82, 2.24) is 0 Å². The van der Waals surface area contributed by atoms with Gasteiger partial charge in [0.1, 0.15) is 18.8 Å². The van der Waals surface area contributed by atoms with Crippen LogP contribution in [0.2, 0.25) is 0 Å². The van der Waals surface area contributed by atoms with E-state index < -0.39 is 0 Å². The summed E-state index contributed by atoms with van der Waals surface area (Å²) in [7, 11) is 0. The molecule has 0 aromatic carbocycles. The summed E-state index contributed by atoms with van der Waals surface area (Å²) in [5.41, 5.74) is 1.76. The Labute approximate surface area is 197 Å². The lowest BCUT2D eigenvalue weighted by atomic mass is 9.47. The molecule has 4 rings (SSSR count). The first kappa shape index (κ1) is 24.3. The summed E-state index contributed by atoms with van der Waals surface area (Å²) in [6.45, 7) is 9.31. The van der Waals surface area contributed by atoms with Crippen molar-refractivity contribution < 1.29 is 28.6 Å². The predicted molar refractivity (Wildman–Crippen MR) is 123 cm³/mol. The van der Waals surface area contributed by atoms with E-state index in [-0.39, 0.29) is 53.5 Å². The van der Waals surface area contributed by atoms with Gasteiger partial charge < -0.3 is 14.2 Å². The van der Waals surface area contributed by atoms with E-state index in [4.69, 9.17) is 14.2 Å². The highest BCUT2D eigenvalue weighted by Crippen LogP contribution is 2.66. The van der Waals surface area contributed by atoms with Gasteiger partial charge in [0.15, 0.2) is 0 Å². The summed E-state index contributed by atoms with van der Waals surface area (Å²) in [5.74, 6) is 1.24. The first-order valence-corrected chi connectivity index (χ1v) is 12.7. The standard InChI is InChI=1S/C27H40O6/c1-16(28)31-15-25(33-18(3)30)24-9-8-22-21-7-6-19-14-20(32-17(2)29)10-12-26(19,4)23(21)11-13-27(22,24)5/h6,20-25H,7-15H2,1-5H3/t20-,21+,22+,23+,24-,25-,26+,27+/m1/s1. The fraction of sp³-hybridized carbons (Fsp3) is 0.815. The van der Waals surface area contributed by atoms with Crippen LogP contribution in [0.5, 0.6) is 0 Å². The zero-order valence-corrected chi connectivity index (χ0v) is 20.9. The molecular formula is C27H40O6. The second-order valence-corrected chi connectivity index (χ2v) is 11.4. The highest BCUT2D eigenvalue weighted by molar-refractivity contribution is 5.67. The number of carbonyl (C=O) groups is 3. The molecule has 0 heterocycles. The second-order valence-electron chi connectivity index (χ2n) is 11.4. The van der Waals surface area contributed by atoms with Gasteiger partial charge in [0.25, 0.3) is 0 Å². The van der Waals surface area contributed by atoms with Gasteiger partial charge in [-0.3, -0.25) is 14.4 Å². The molecule has 0 spiro atoms. The Morgan fingerprint density at radius 2 is 1.73 bits per heavy atom. The molecule has 0 amide bonds. The number of rotatable bonds is 5. The molecule has 0 unspecified atom stereocenters. The smallest absolute Gasteiger partial charge is 0.303 e. The van der Waals surface area contributed by atoms with Crippen molar-refractivity contribution in [3.8, 4) is 0 Å². The van der Waals surface area contributed by atoms with Crippen LogP contribution in [0.4, 0.5) is 0 Å². The van der Waals surface area contributed by atoms with Crippen molar-refractivity contribution in [3.63, 3.8) is 0 Å². The van der Waals surface area contributed by atoms with Crippen LogP contribution in [0.15, 0.2) is 11.6 Å². The first-order valence-electron chi connectivity index (χ1n) is 12.7. The highest BCUT2D eigenvalue weighted by atomic mass is 16.6. The van der Waals surface area contributed by atoms with Crippen molar-refractivity contribution in [1.29, 1.82) is 0 Å². The molecule has 0 aliphatic heterocycles. The molecule has 4 aliphatic carbocycles. The first-order chi connectivity index (χ1) is 15.5. The molecule has 3 saturated carbocycles. The molecule has 6 heteroatoms. The molecule has 4 aliphatic rings. The fourth-order valence-electron chi connectivity index (χ4n) is 8.26. The maximum absolute atomic E-state index is 11.8. The molecule has 3 fully saturated rings. The molecule has 0 saturated heterocycles. The molecule has 0 radical (unpaired) electrons. The molecule has 0 aromatic rings. The minimum Gasteiger partial charge on any atom is -0.462 e. The van der Waals surface area contributed by atoms with Gasteiger partial charge in [-0.15, -0.1) is 0 Å². The Morgan fingerprint density at radius 3 is 2.39 bits per heavy atom. The molecule has 184 valence electrons. The average Bonchev–Trinajstić information content (AvgIpc) is 3.08. The van der Waals surface area contributed by atoms with Crippen molar-refractivity contribution in [2.75, 3.05) is 6.61 Å². The molecule has 0 N–H and O–H groups in total. The zero-order chi connectivity index (χ0) is 24.0. The predicted octanol–water partition coefficient (Wildman–Crippen LogP) is 4.99. The zero-order valence-electron chi connectivity index (χ0n) is 20.9. The van der Waals surface area contributed by atoms with Gasteiger partial charge >= 0.3 is 17.9 Å². The Bertz CT molecular complexity index is 832. The molecule has 8 atom stereocenters. The van der Waals surface area contributed by atoms with E-state index in [0.29, 0.717) is 17.8 Å².